The third-order valence-corrected chi connectivity index (χ3v) is 5.10. The van der Waals surface area contributed by atoms with Crippen molar-refractivity contribution < 1.29 is 24.9 Å². The van der Waals surface area contributed by atoms with Gasteiger partial charge in [0.2, 0.25) is 0 Å². The molecule has 1 heterocycles. The van der Waals surface area contributed by atoms with Crippen LogP contribution in [0.3, 0.4) is 0 Å². The first kappa shape index (κ1) is 24.2. The van der Waals surface area contributed by atoms with Crippen molar-refractivity contribution in [2.75, 3.05) is 4.90 Å². The molecule has 0 radical (unpaired) electrons. The largest absolute Gasteiger partial charge is 0.486 e. The number of ether oxygens (including phenoxy) is 1. The van der Waals surface area contributed by atoms with Gasteiger partial charge in [-0.2, -0.15) is 10.5 Å². The lowest BCUT2D eigenvalue weighted by molar-refractivity contribution is 0.184. The summed E-state index contributed by atoms with van der Waals surface area (Å²) in [4.78, 5) is 17.3. The molecule has 1 aromatic heterocycles. The summed E-state index contributed by atoms with van der Waals surface area (Å²) in [5.41, 5.74) is 2.78. The number of benzene rings is 2. The molecule has 0 aliphatic rings. The minimum Gasteiger partial charge on any atom is -0.486 e. The molecule has 0 aliphatic carbocycles. The quantitative estimate of drug-likeness (QED) is 0.463. The van der Waals surface area contributed by atoms with Crippen LogP contribution in [-0.4, -0.2) is 26.4 Å². The van der Waals surface area contributed by atoms with Gasteiger partial charge < -0.3 is 20.1 Å². The number of hydrogen-bond donors (Lipinski definition) is 3. The maximum absolute atomic E-state index is 12.0. The number of carbonyl (C=O) groups is 1. The molecule has 172 valence electrons. The molecule has 0 fully saturated rings. The van der Waals surface area contributed by atoms with E-state index in [1.165, 1.54) is 37.4 Å². The highest BCUT2D eigenvalue weighted by Gasteiger charge is 2.24. The Labute approximate surface area is 196 Å². The topological polar surface area (TPSA) is 151 Å². The smallest absolute Gasteiger partial charge is 0.412 e. The Balaban J connectivity index is 1.99. The van der Waals surface area contributed by atoms with Crippen LogP contribution in [0, 0.1) is 22.7 Å². The second-order valence-corrected chi connectivity index (χ2v) is 7.44. The molecule has 0 spiro atoms. The van der Waals surface area contributed by atoms with Crippen LogP contribution in [0.1, 0.15) is 46.5 Å². The van der Waals surface area contributed by atoms with Crippen molar-refractivity contribution in [3.05, 3.63) is 88.2 Å². The van der Waals surface area contributed by atoms with E-state index >= 15 is 0 Å². The SMILES string of the molecule is CC(O)c1c(CN(C(=O)O)c2ccc(C#N)cc2)cnc(CO)c1OCc1cccc(C#N)c1. The van der Waals surface area contributed by atoms with Gasteiger partial charge in [-0.1, -0.05) is 12.1 Å². The van der Waals surface area contributed by atoms with Gasteiger partial charge in [0.1, 0.15) is 18.1 Å². The molecular formula is C25H22N4O5. The van der Waals surface area contributed by atoms with Crippen molar-refractivity contribution in [3.63, 3.8) is 0 Å². The number of nitriles is 2. The molecule has 0 bridgehead atoms. The number of aliphatic hydroxyl groups excluding tert-OH is 2. The third-order valence-electron chi connectivity index (χ3n) is 5.10. The van der Waals surface area contributed by atoms with E-state index in [4.69, 9.17) is 15.3 Å². The van der Waals surface area contributed by atoms with Crippen molar-refractivity contribution in [1.29, 1.82) is 10.5 Å². The minimum absolute atomic E-state index is 0.0473. The van der Waals surface area contributed by atoms with Crippen molar-refractivity contribution in [2.24, 2.45) is 0 Å². The summed E-state index contributed by atoms with van der Waals surface area (Å²) < 4.78 is 5.93. The van der Waals surface area contributed by atoms with Crippen molar-refractivity contribution in [2.45, 2.75) is 32.8 Å². The second-order valence-electron chi connectivity index (χ2n) is 7.44. The van der Waals surface area contributed by atoms with Gasteiger partial charge in [-0.15, -0.1) is 0 Å². The van der Waals surface area contributed by atoms with Crippen molar-refractivity contribution >= 4 is 11.8 Å². The zero-order valence-corrected chi connectivity index (χ0v) is 18.3. The van der Waals surface area contributed by atoms with E-state index in [1.807, 2.05) is 6.07 Å². The van der Waals surface area contributed by atoms with Crippen LogP contribution < -0.4 is 9.64 Å². The molecule has 1 atom stereocenters. The molecule has 0 saturated heterocycles. The molecular weight excluding hydrogens is 436 g/mol. The lowest BCUT2D eigenvalue weighted by Crippen LogP contribution is -2.29. The Hall–Kier alpha value is -4.44. The van der Waals surface area contributed by atoms with Crippen LogP contribution in [0.2, 0.25) is 0 Å². The first-order chi connectivity index (χ1) is 16.4. The standard InChI is InChI=1S/C25H22N4O5/c1-16(31)23-20(13-29(25(32)33)21-7-5-17(10-26)6-8-21)12-28-22(14-30)24(23)34-15-19-4-2-3-18(9-19)11-27/h2-9,12,16,30-31H,13-15H2,1H3,(H,32,33). The molecule has 3 N–H and O–H groups in total. The minimum atomic E-state index is -1.23. The van der Waals surface area contributed by atoms with Crippen LogP contribution in [0.4, 0.5) is 10.5 Å². The molecule has 0 aliphatic heterocycles. The summed E-state index contributed by atoms with van der Waals surface area (Å²) in [6.07, 6.45) is -0.889. The van der Waals surface area contributed by atoms with Crippen LogP contribution in [0.5, 0.6) is 5.75 Å². The van der Waals surface area contributed by atoms with E-state index in [2.05, 4.69) is 11.1 Å². The zero-order valence-electron chi connectivity index (χ0n) is 18.3. The van der Waals surface area contributed by atoms with Crippen molar-refractivity contribution in [3.8, 4) is 17.9 Å². The Bertz CT molecular complexity index is 1260. The highest BCUT2D eigenvalue weighted by Crippen LogP contribution is 2.33. The molecule has 3 aromatic rings. The van der Waals surface area contributed by atoms with Crippen LogP contribution in [0.15, 0.2) is 54.7 Å². The highest BCUT2D eigenvalue weighted by molar-refractivity contribution is 5.86. The van der Waals surface area contributed by atoms with Gasteiger partial charge in [0.15, 0.2) is 0 Å². The first-order valence-corrected chi connectivity index (χ1v) is 10.3. The number of aliphatic hydroxyl groups is 2. The highest BCUT2D eigenvalue weighted by atomic mass is 16.5. The van der Waals surface area contributed by atoms with E-state index in [0.717, 1.165) is 4.90 Å². The summed E-state index contributed by atoms with van der Waals surface area (Å²) in [5.74, 6) is 0.155. The fourth-order valence-corrected chi connectivity index (χ4v) is 3.48. The number of hydrogen-bond acceptors (Lipinski definition) is 7. The van der Waals surface area contributed by atoms with Gasteiger partial charge in [0.25, 0.3) is 0 Å². The summed E-state index contributed by atoms with van der Waals surface area (Å²) in [7, 11) is 0. The summed E-state index contributed by atoms with van der Waals surface area (Å²) in [6, 6.07) is 16.9. The second kappa shape index (κ2) is 10.9. The Morgan fingerprint density at radius 2 is 1.85 bits per heavy atom. The number of amides is 1. The fraction of sp³-hybridized carbons (Fsp3) is 0.200. The number of pyridine rings is 1. The third kappa shape index (κ3) is 5.48. The lowest BCUT2D eigenvalue weighted by atomic mass is 10.0. The summed E-state index contributed by atoms with van der Waals surface area (Å²) in [5, 5.41) is 48.2. The zero-order chi connectivity index (χ0) is 24.7. The Morgan fingerprint density at radius 3 is 2.44 bits per heavy atom. The van der Waals surface area contributed by atoms with Gasteiger partial charge in [0, 0.05) is 17.4 Å². The van der Waals surface area contributed by atoms with Crippen LogP contribution >= 0.6 is 0 Å². The van der Waals surface area contributed by atoms with Crippen LogP contribution in [-0.2, 0) is 19.8 Å². The Morgan fingerprint density at radius 1 is 1.15 bits per heavy atom. The van der Waals surface area contributed by atoms with Gasteiger partial charge in [-0.05, 0) is 54.4 Å². The molecule has 1 unspecified atom stereocenters. The van der Waals surface area contributed by atoms with Gasteiger partial charge in [-0.25, -0.2) is 4.79 Å². The lowest BCUT2D eigenvalue weighted by Gasteiger charge is -2.24. The van der Waals surface area contributed by atoms with E-state index < -0.39 is 18.8 Å². The first-order valence-electron chi connectivity index (χ1n) is 10.3. The molecule has 3 rings (SSSR count). The predicted molar refractivity (Wildman–Crippen MR) is 122 cm³/mol. The van der Waals surface area contributed by atoms with Crippen LogP contribution in [0.25, 0.3) is 0 Å². The monoisotopic (exact) mass is 458 g/mol. The number of rotatable bonds is 8. The molecule has 0 saturated carbocycles. The summed E-state index contributed by atoms with van der Waals surface area (Å²) in [6.45, 7) is 0.952. The number of nitrogens with zero attached hydrogens (tertiary/aromatic N) is 4. The van der Waals surface area contributed by atoms with E-state index in [0.29, 0.717) is 33.5 Å². The van der Waals surface area contributed by atoms with Gasteiger partial charge in [-0.3, -0.25) is 9.88 Å². The van der Waals surface area contributed by atoms with E-state index in [9.17, 15) is 20.1 Å². The normalized spacial score (nSPS) is 11.2. The average molecular weight is 458 g/mol. The fourth-order valence-electron chi connectivity index (χ4n) is 3.48. The number of aromatic nitrogens is 1. The molecule has 1 amide bonds. The van der Waals surface area contributed by atoms with Crippen molar-refractivity contribution in [1.82, 2.24) is 4.98 Å². The predicted octanol–water partition coefficient (Wildman–Crippen LogP) is 3.63. The maximum Gasteiger partial charge on any atom is 0.412 e. The average Bonchev–Trinajstić information content (AvgIpc) is 2.85. The molecule has 2 aromatic carbocycles. The maximum atomic E-state index is 12.0. The number of anilines is 1. The molecule has 34 heavy (non-hydrogen) atoms. The number of carboxylic acid groups (broad SMARTS) is 1. The molecule has 9 nitrogen and oxygen atoms in total. The Kier molecular flexibility index (Phi) is 7.78. The molecule has 9 heteroatoms. The van der Waals surface area contributed by atoms with Gasteiger partial charge in [0.05, 0.1) is 42.5 Å². The van der Waals surface area contributed by atoms with E-state index in [1.54, 1.807) is 24.3 Å². The van der Waals surface area contributed by atoms with E-state index in [-0.39, 0.29) is 24.6 Å². The summed E-state index contributed by atoms with van der Waals surface area (Å²) >= 11 is 0. The van der Waals surface area contributed by atoms with Gasteiger partial charge >= 0.3 is 6.09 Å².